The van der Waals surface area contributed by atoms with Crippen LogP contribution in [-0.4, -0.2) is 66.1 Å². The van der Waals surface area contributed by atoms with E-state index in [2.05, 4.69) is 27.0 Å². The molecule has 3 aliphatic rings. The third kappa shape index (κ3) is 10.5. The standard InChI is InChI=1S/C13H14ClNO.C10H15N5O.C6H10O/c14-13-8-12(7-6-10(13)9-15)16-11-4-2-1-3-5-11;1-14-4-6-15(7-5-14)9-3-2-8(10(11)16)12-13-9;7-6-4-2-1-3-5-6/h6-8,11H,1-5H2;2-3H,4-7H2,1H3,(H2,11,16);1-5H2. The van der Waals surface area contributed by atoms with Crippen LogP contribution in [-0.2, 0) is 4.79 Å². The van der Waals surface area contributed by atoms with Crippen molar-refractivity contribution in [3.63, 3.8) is 0 Å². The first-order chi connectivity index (χ1) is 18.9. The van der Waals surface area contributed by atoms with Gasteiger partial charge < -0.3 is 20.3 Å². The lowest BCUT2D eigenvalue weighted by molar-refractivity contribution is -0.120. The maximum Gasteiger partial charge on any atom is 0.269 e. The Balaban J connectivity index is 0.000000174. The highest BCUT2D eigenvalue weighted by Crippen LogP contribution is 2.26. The molecular formula is C29H39ClN6O3. The molecule has 39 heavy (non-hydrogen) atoms. The Morgan fingerprint density at radius 3 is 2.18 bits per heavy atom. The number of hydrogen-bond donors (Lipinski definition) is 1. The van der Waals surface area contributed by atoms with Crippen molar-refractivity contribution in [1.29, 1.82) is 5.26 Å². The molecule has 210 valence electrons. The topological polar surface area (TPSA) is 125 Å². The number of primary amides is 1. The number of piperazine rings is 1. The number of rotatable bonds is 4. The number of likely N-dealkylation sites (N-methyl/N-ethyl adjacent to an activating group) is 1. The molecule has 1 amide bonds. The summed E-state index contributed by atoms with van der Waals surface area (Å²) in [7, 11) is 2.10. The third-order valence-electron chi connectivity index (χ3n) is 7.06. The summed E-state index contributed by atoms with van der Waals surface area (Å²) in [6.07, 6.45) is 11.6. The number of carbonyl (C=O) groups is 2. The van der Waals surface area contributed by atoms with Crippen LogP contribution in [0.15, 0.2) is 30.3 Å². The van der Waals surface area contributed by atoms with E-state index in [-0.39, 0.29) is 5.69 Å². The van der Waals surface area contributed by atoms with Crippen LogP contribution in [0.3, 0.4) is 0 Å². The molecule has 1 aromatic heterocycles. The van der Waals surface area contributed by atoms with Gasteiger partial charge in [0.25, 0.3) is 5.91 Å². The van der Waals surface area contributed by atoms with Gasteiger partial charge in [-0.1, -0.05) is 24.4 Å². The molecule has 1 aromatic carbocycles. The molecule has 2 aromatic rings. The molecule has 2 saturated carbocycles. The number of anilines is 1. The number of nitrogens with zero attached hydrogens (tertiary/aromatic N) is 5. The van der Waals surface area contributed by atoms with Gasteiger partial charge in [-0.2, -0.15) is 5.26 Å². The quantitative estimate of drug-likeness (QED) is 0.573. The van der Waals surface area contributed by atoms with Gasteiger partial charge in [-0.3, -0.25) is 9.59 Å². The normalized spacial score (nSPS) is 18.1. The number of aromatic nitrogens is 2. The molecule has 1 aliphatic heterocycles. The summed E-state index contributed by atoms with van der Waals surface area (Å²) in [5, 5.41) is 17.0. The summed E-state index contributed by atoms with van der Waals surface area (Å²) in [6.45, 7) is 3.89. The minimum Gasteiger partial charge on any atom is -0.490 e. The fraction of sp³-hybridized carbons (Fsp3) is 0.552. The molecule has 5 rings (SSSR count). The van der Waals surface area contributed by atoms with Crippen LogP contribution in [0.2, 0.25) is 5.02 Å². The Bertz CT molecular complexity index is 1100. The average Bonchev–Trinajstić information content (AvgIpc) is 2.95. The molecule has 0 atom stereocenters. The molecule has 1 saturated heterocycles. The number of Topliss-reactive ketones (excluding diaryl/α,β-unsaturated/α-hetero) is 1. The van der Waals surface area contributed by atoms with Gasteiger partial charge in [0.05, 0.1) is 16.7 Å². The zero-order valence-electron chi connectivity index (χ0n) is 22.8. The van der Waals surface area contributed by atoms with E-state index in [1.54, 1.807) is 24.3 Å². The molecule has 9 nitrogen and oxygen atoms in total. The molecule has 2 aliphatic carbocycles. The second kappa shape index (κ2) is 16.0. The van der Waals surface area contributed by atoms with Crippen LogP contribution in [0.1, 0.15) is 80.3 Å². The molecule has 0 radical (unpaired) electrons. The van der Waals surface area contributed by atoms with Crippen LogP contribution in [0.5, 0.6) is 5.75 Å². The molecule has 10 heteroatoms. The lowest BCUT2D eigenvalue weighted by atomic mass is 9.98. The van der Waals surface area contributed by atoms with E-state index in [0.717, 1.165) is 76.3 Å². The monoisotopic (exact) mass is 554 g/mol. The zero-order chi connectivity index (χ0) is 28.0. The highest BCUT2D eigenvalue weighted by atomic mass is 35.5. The molecule has 0 unspecified atom stereocenters. The minimum absolute atomic E-state index is 0.206. The number of nitrogens with two attached hydrogens (primary N) is 1. The number of amides is 1. The highest BCUT2D eigenvalue weighted by molar-refractivity contribution is 6.31. The van der Waals surface area contributed by atoms with Gasteiger partial charge in [-0.25, -0.2) is 0 Å². The Morgan fingerprint density at radius 1 is 1.00 bits per heavy atom. The average molecular weight is 555 g/mol. The summed E-state index contributed by atoms with van der Waals surface area (Å²) in [5.74, 6) is 1.50. The van der Waals surface area contributed by atoms with Crippen molar-refractivity contribution in [2.75, 3.05) is 38.1 Å². The Kier molecular flexibility index (Phi) is 12.5. The summed E-state index contributed by atoms with van der Waals surface area (Å²) in [4.78, 5) is 25.7. The van der Waals surface area contributed by atoms with Gasteiger partial charge >= 0.3 is 0 Å². The smallest absolute Gasteiger partial charge is 0.269 e. The number of benzene rings is 1. The maximum atomic E-state index is 10.8. The van der Waals surface area contributed by atoms with Crippen LogP contribution in [0, 0.1) is 11.3 Å². The van der Waals surface area contributed by atoms with E-state index in [1.165, 1.54) is 25.7 Å². The number of halogens is 1. The fourth-order valence-corrected chi connectivity index (χ4v) is 4.85. The van der Waals surface area contributed by atoms with Crippen LogP contribution < -0.4 is 15.4 Å². The van der Waals surface area contributed by atoms with E-state index in [9.17, 15) is 9.59 Å². The predicted molar refractivity (Wildman–Crippen MR) is 152 cm³/mol. The lowest BCUT2D eigenvalue weighted by Gasteiger charge is -2.32. The van der Waals surface area contributed by atoms with Gasteiger partial charge in [0.1, 0.15) is 17.6 Å². The van der Waals surface area contributed by atoms with Crippen LogP contribution in [0.4, 0.5) is 5.82 Å². The molecular weight excluding hydrogens is 516 g/mol. The lowest BCUT2D eigenvalue weighted by Crippen LogP contribution is -2.44. The van der Waals surface area contributed by atoms with Crippen molar-refractivity contribution in [3.8, 4) is 11.8 Å². The minimum atomic E-state index is -0.544. The van der Waals surface area contributed by atoms with Crippen molar-refractivity contribution in [1.82, 2.24) is 15.1 Å². The zero-order valence-corrected chi connectivity index (χ0v) is 23.5. The summed E-state index contributed by atoms with van der Waals surface area (Å²) in [6, 6.07) is 10.7. The van der Waals surface area contributed by atoms with Gasteiger partial charge in [0, 0.05) is 45.1 Å². The van der Waals surface area contributed by atoms with E-state index in [0.29, 0.717) is 22.5 Å². The van der Waals surface area contributed by atoms with E-state index in [4.69, 9.17) is 27.3 Å². The van der Waals surface area contributed by atoms with Crippen molar-refractivity contribution < 1.29 is 14.3 Å². The number of carbonyl (C=O) groups excluding carboxylic acids is 2. The predicted octanol–water partition coefficient (Wildman–Crippen LogP) is 4.77. The van der Waals surface area contributed by atoms with Crippen LogP contribution in [0.25, 0.3) is 0 Å². The molecule has 2 heterocycles. The van der Waals surface area contributed by atoms with Gasteiger partial charge in [0.2, 0.25) is 0 Å². The Morgan fingerprint density at radius 2 is 1.67 bits per heavy atom. The van der Waals surface area contributed by atoms with Crippen molar-refractivity contribution in [2.45, 2.75) is 70.3 Å². The van der Waals surface area contributed by atoms with Crippen molar-refractivity contribution >= 4 is 29.1 Å². The van der Waals surface area contributed by atoms with Gasteiger partial charge in [-0.15, -0.1) is 10.2 Å². The van der Waals surface area contributed by atoms with Crippen molar-refractivity contribution in [3.05, 3.63) is 46.6 Å². The number of hydrogen-bond acceptors (Lipinski definition) is 8. The SMILES string of the molecule is CN1CCN(c2ccc(C(N)=O)nn2)CC1.N#Cc1ccc(OC2CCCCC2)cc1Cl.O=C1CCCCC1. The molecule has 0 bridgehead atoms. The first kappa shape index (κ1) is 30.3. The Labute approximate surface area is 236 Å². The van der Waals surface area contributed by atoms with Crippen LogP contribution >= 0.6 is 11.6 Å². The van der Waals surface area contributed by atoms with Gasteiger partial charge in [-0.05, 0) is 69.8 Å². The highest BCUT2D eigenvalue weighted by Gasteiger charge is 2.16. The van der Waals surface area contributed by atoms with E-state index >= 15 is 0 Å². The maximum absolute atomic E-state index is 10.8. The first-order valence-electron chi connectivity index (χ1n) is 13.8. The molecule has 2 N–H and O–H groups in total. The first-order valence-corrected chi connectivity index (χ1v) is 14.2. The summed E-state index contributed by atoms with van der Waals surface area (Å²) >= 11 is 5.94. The Hall–Kier alpha value is -3.22. The summed E-state index contributed by atoms with van der Waals surface area (Å²) in [5.41, 5.74) is 5.80. The molecule has 0 spiro atoms. The second-order valence-corrected chi connectivity index (χ2v) is 10.6. The number of ketones is 1. The molecule has 3 fully saturated rings. The van der Waals surface area contributed by atoms with Gasteiger partial charge in [0.15, 0.2) is 11.5 Å². The third-order valence-corrected chi connectivity index (χ3v) is 7.37. The second-order valence-electron chi connectivity index (χ2n) is 10.2. The number of ether oxygens (including phenoxy) is 1. The van der Waals surface area contributed by atoms with E-state index < -0.39 is 5.91 Å². The number of nitriles is 1. The largest absolute Gasteiger partial charge is 0.490 e. The fourth-order valence-electron chi connectivity index (χ4n) is 4.64. The van der Waals surface area contributed by atoms with E-state index in [1.807, 2.05) is 12.1 Å². The van der Waals surface area contributed by atoms with Crippen molar-refractivity contribution in [2.24, 2.45) is 5.73 Å². The summed E-state index contributed by atoms with van der Waals surface area (Å²) < 4.78 is 5.84.